The maximum absolute atomic E-state index is 10.8. The Morgan fingerprint density at radius 2 is 1.40 bits per heavy atom. The maximum atomic E-state index is 10.8. The summed E-state index contributed by atoms with van der Waals surface area (Å²) in [5.74, 6) is 0. The maximum Gasteiger partial charge on any atom is 0.470 e. The van der Waals surface area contributed by atoms with Crippen LogP contribution in [0.3, 0.4) is 0 Å². The highest BCUT2D eigenvalue weighted by molar-refractivity contribution is 7.46. The molecule has 0 aromatic rings. The van der Waals surface area contributed by atoms with Crippen molar-refractivity contribution in [1.82, 2.24) is 0 Å². The molecule has 1 saturated heterocycles. The SMILES string of the molecule is O=P(O)(O)O[C@@H]1[C@@H](O)[C@H](O)O[C@H](CO)[C@H]1OP(=O)(O)O. The third-order valence-electron chi connectivity index (χ3n) is 2.33. The van der Waals surface area contributed by atoms with Crippen molar-refractivity contribution in [3.63, 3.8) is 0 Å². The van der Waals surface area contributed by atoms with Gasteiger partial charge in [0.2, 0.25) is 0 Å². The van der Waals surface area contributed by atoms with Crippen molar-refractivity contribution in [3.05, 3.63) is 0 Å². The monoisotopic (exact) mass is 340 g/mol. The Morgan fingerprint density at radius 1 is 0.950 bits per heavy atom. The first kappa shape index (κ1) is 18.1. The van der Waals surface area contributed by atoms with Gasteiger partial charge in [0.25, 0.3) is 0 Å². The predicted molar refractivity (Wildman–Crippen MR) is 57.8 cm³/mol. The standard InChI is InChI=1S/C6H14O12P2/c7-1-2-4(17-19(10,11)12)5(18-20(13,14)15)3(8)6(9)16-2/h2-9H,1H2,(H2,10,11,12)(H2,13,14,15)/t2-,3-,4-,5-,6-/m1/s1. The lowest BCUT2D eigenvalue weighted by Gasteiger charge is -2.41. The first-order valence-electron chi connectivity index (χ1n) is 5.05. The van der Waals surface area contributed by atoms with Gasteiger partial charge in [0, 0.05) is 0 Å². The third-order valence-corrected chi connectivity index (χ3v) is 3.37. The molecule has 1 rings (SSSR count). The van der Waals surface area contributed by atoms with E-state index in [0.717, 1.165) is 0 Å². The lowest BCUT2D eigenvalue weighted by atomic mass is 9.99. The lowest BCUT2D eigenvalue weighted by Crippen LogP contribution is -2.59. The van der Waals surface area contributed by atoms with Gasteiger partial charge in [-0.25, -0.2) is 9.13 Å². The van der Waals surface area contributed by atoms with Gasteiger partial charge in [0.15, 0.2) is 6.29 Å². The second-order valence-corrected chi connectivity index (χ2v) is 6.24. The second kappa shape index (κ2) is 6.44. The molecule has 12 nitrogen and oxygen atoms in total. The van der Waals surface area contributed by atoms with Crippen LogP contribution >= 0.6 is 15.6 Å². The summed E-state index contributed by atoms with van der Waals surface area (Å²) in [6.45, 7) is -0.921. The van der Waals surface area contributed by atoms with Crippen LogP contribution in [0.25, 0.3) is 0 Å². The molecular weight excluding hydrogens is 326 g/mol. The highest BCUT2D eigenvalue weighted by atomic mass is 31.2. The fourth-order valence-electron chi connectivity index (χ4n) is 1.62. The first-order chi connectivity index (χ1) is 8.94. The number of hydrogen-bond donors (Lipinski definition) is 7. The van der Waals surface area contributed by atoms with Gasteiger partial charge in [-0.05, 0) is 0 Å². The van der Waals surface area contributed by atoms with Gasteiger partial charge in [0.1, 0.15) is 24.4 Å². The third kappa shape index (κ3) is 5.11. The van der Waals surface area contributed by atoms with Crippen molar-refractivity contribution in [2.75, 3.05) is 6.61 Å². The molecule has 1 fully saturated rings. The van der Waals surface area contributed by atoms with Crippen LogP contribution in [0.4, 0.5) is 0 Å². The van der Waals surface area contributed by atoms with Gasteiger partial charge in [-0.1, -0.05) is 0 Å². The van der Waals surface area contributed by atoms with Crippen LogP contribution in [0.2, 0.25) is 0 Å². The summed E-state index contributed by atoms with van der Waals surface area (Å²) < 4.78 is 34.5. The number of phosphoric acid groups is 2. The summed E-state index contributed by atoms with van der Waals surface area (Å²) in [6.07, 6.45) is -9.61. The molecule has 0 spiro atoms. The summed E-state index contributed by atoms with van der Waals surface area (Å²) in [7, 11) is -10.3. The van der Waals surface area contributed by atoms with Crippen molar-refractivity contribution in [2.24, 2.45) is 0 Å². The number of rotatable bonds is 5. The Labute approximate surface area is 112 Å². The number of aliphatic hydroxyl groups excluding tert-OH is 3. The Kier molecular flexibility index (Phi) is 5.83. The minimum Gasteiger partial charge on any atom is -0.394 e. The van der Waals surface area contributed by atoms with Crippen LogP contribution in [0.1, 0.15) is 0 Å². The Balaban J connectivity index is 3.06. The molecule has 0 amide bonds. The van der Waals surface area contributed by atoms with Crippen molar-refractivity contribution in [2.45, 2.75) is 30.7 Å². The fraction of sp³-hybridized carbons (Fsp3) is 1.00. The van der Waals surface area contributed by atoms with E-state index >= 15 is 0 Å². The van der Waals surface area contributed by atoms with E-state index in [1.807, 2.05) is 0 Å². The Morgan fingerprint density at radius 3 is 1.80 bits per heavy atom. The fourth-order valence-corrected chi connectivity index (χ4v) is 2.75. The van der Waals surface area contributed by atoms with E-state index in [9.17, 15) is 19.3 Å². The average molecular weight is 340 g/mol. The molecule has 20 heavy (non-hydrogen) atoms. The number of aliphatic hydroxyl groups is 3. The molecule has 0 bridgehead atoms. The summed E-state index contributed by atoms with van der Waals surface area (Å²) in [5, 5.41) is 27.8. The summed E-state index contributed by atoms with van der Waals surface area (Å²) in [6, 6.07) is 0. The van der Waals surface area contributed by atoms with Gasteiger partial charge in [0.05, 0.1) is 6.61 Å². The van der Waals surface area contributed by atoms with Crippen LogP contribution in [-0.2, 0) is 22.9 Å². The molecule has 1 aliphatic rings. The minimum atomic E-state index is -5.18. The molecule has 14 heteroatoms. The Bertz CT molecular complexity index is 390. The van der Waals surface area contributed by atoms with Gasteiger partial charge in [-0.15, -0.1) is 0 Å². The smallest absolute Gasteiger partial charge is 0.394 e. The summed E-state index contributed by atoms with van der Waals surface area (Å²) in [4.78, 5) is 34.8. The molecule has 7 N–H and O–H groups in total. The zero-order valence-corrected chi connectivity index (χ0v) is 11.4. The molecule has 0 unspecified atom stereocenters. The number of ether oxygens (including phenoxy) is 1. The van der Waals surface area contributed by atoms with Crippen LogP contribution in [0, 0.1) is 0 Å². The molecule has 0 aromatic carbocycles. The van der Waals surface area contributed by atoms with E-state index in [1.54, 1.807) is 0 Å². The zero-order chi connectivity index (χ0) is 15.7. The molecule has 0 saturated carbocycles. The zero-order valence-electron chi connectivity index (χ0n) is 9.66. The van der Waals surface area contributed by atoms with E-state index < -0.39 is 53.0 Å². The van der Waals surface area contributed by atoms with E-state index in [-0.39, 0.29) is 0 Å². The van der Waals surface area contributed by atoms with Crippen molar-refractivity contribution < 1.29 is 57.8 Å². The van der Waals surface area contributed by atoms with Gasteiger partial charge < -0.3 is 39.6 Å². The minimum absolute atomic E-state index is 0.921. The highest BCUT2D eigenvalue weighted by Crippen LogP contribution is 2.46. The summed E-state index contributed by atoms with van der Waals surface area (Å²) >= 11 is 0. The second-order valence-electron chi connectivity index (χ2n) is 3.86. The summed E-state index contributed by atoms with van der Waals surface area (Å²) in [5.41, 5.74) is 0. The first-order valence-corrected chi connectivity index (χ1v) is 8.11. The van der Waals surface area contributed by atoms with Gasteiger partial charge in [-0.2, -0.15) is 0 Å². The van der Waals surface area contributed by atoms with Crippen LogP contribution in [0.15, 0.2) is 0 Å². The van der Waals surface area contributed by atoms with Gasteiger partial charge in [-0.3, -0.25) is 9.05 Å². The molecule has 0 aliphatic carbocycles. The van der Waals surface area contributed by atoms with Crippen LogP contribution in [-0.4, -0.2) is 72.2 Å². The normalized spacial score (nSPS) is 36.0. The van der Waals surface area contributed by atoms with Crippen LogP contribution in [0.5, 0.6) is 0 Å². The molecule has 1 heterocycles. The van der Waals surface area contributed by atoms with E-state index in [4.69, 9.17) is 24.7 Å². The quantitative estimate of drug-likeness (QED) is 0.250. The topological polar surface area (TPSA) is 203 Å². The number of phosphoric ester groups is 2. The molecule has 120 valence electrons. The van der Waals surface area contributed by atoms with Crippen molar-refractivity contribution in [1.29, 1.82) is 0 Å². The largest absolute Gasteiger partial charge is 0.470 e. The van der Waals surface area contributed by atoms with E-state index in [1.165, 1.54) is 0 Å². The van der Waals surface area contributed by atoms with Crippen molar-refractivity contribution in [3.8, 4) is 0 Å². The average Bonchev–Trinajstić information content (AvgIpc) is 2.25. The van der Waals surface area contributed by atoms with Crippen LogP contribution < -0.4 is 0 Å². The lowest BCUT2D eigenvalue weighted by molar-refractivity contribution is -0.280. The molecule has 1 aliphatic heterocycles. The molecule has 0 aromatic heterocycles. The van der Waals surface area contributed by atoms with E-state index in [2.05, 4.69) is 13.8 Å². The van der Waals surface area contributed by atoms with E-state index in [0.29, 0.717) is 0 Å². The molecule has 5 atom stereocenters. The Hall–Kier alpha value is 0.0600. The molecule has 0 radical (unpaired) electrons. The predicted octanol–water partition coefficient (Wildman–Crippen LogP) is -2.99. The molecular formula is C6H14O12P2. The highest BCUT2D eigenvalue weighted by Gasteiger charge is 2.50. The van der Waals surface area contributed by atoms with Crippen molar-refractivity contribution >= 4 is 15.6 Å². The number of hydrogen-bond acceptors (Lipinski definition) is 8. The van der Waals surface area contributed by atoms with Gasteiger partial charge >= 0.3 is 15.6 Å².